The molecule has 1 unspecified atom stereocenters. The zero-order valence-corrected chi connectivity index (χ0v) is 12.2. The molecular weight excluding hydrogens is 224 g/mol. The summed E-state index contributed by atoms with van der Waals surface area (Å²) < 4.78 is 5.55. The van der Waals surface area contributed by atoms with Crippen LogP contribution in [-0.2, 0) is 4.74 Å². The van der Waals surface area contributed by atoms with Gasteiger partial charge in [0.15, 0.2) is 0 Å². The molecule has 2 N–H and O–H groups in total. The number of hydrogen-bond acceptors (Lipinski definition) is 3. The van der Waals surface area contributed by atoms with E-state index in [9.17, 15) is 0 Å². The number of rotatable bonds is 7. The van der Waals surface area contributed by atoms with Crippen molar-refractivity contribution in [3.05, 3.63) is 0 Å². The van der Waals surface area contributed by atoms with Gasteiger partial charge >= 0.3 is 0 Å². The smallest absolute Gasteiger partial charge is 0.0661 e. The van der Waals surface area contributed by atoms with Crippen LogP contribution in [0.2, 0.25) is 0 Å². The molecule has 2 aliphatic rings. The van der Waals surface area contributed by atoms with Crippen LogP contribution in [0.25, 0.3) is 0 Å². The topological polar surface area (TPSA) is 38.5 Å². The lowest BCUT2D eigenvalue weighted by molar-refractivity contribution is -0.0325. The molecule has 0 amide bonds. The second kappa shape index (κ2) is 6.36. The molecule has 0 heterocycles. The van der Waals surface area contributed by atoms with E-state index in [4.69, 9.17) is 10.5 Å². The average molecular weight is 254 g/mol. The Bertz CT molecular complexity index is 249. The molecule has 0 radical (unpaired) electrons. The number of methoxy groups -OCH3 is 1. The third-order valence-corrected chi connectivity index (χ3v) is 5.01. The first-order valence-electron chi connectivity index (χ1n) is 7.74. The van der Waals surface area contributed by atoms with Gasteiger partial charge in [-0.15, -0.1) is 0 Å². The minimum Gasteiger partial charge on any atom is -0.383 e. The quantitative estimate of drug-likeness (QED) is 0.758. The molecule has 0 aromatic heterocycles. The van der Waals surface area contributed by atoms with E-state index < -0.39 is 0 Å². The summed E-state index contributed by atoms with van der Waals surface area (Å²) in [6, 6.07) is 0.739. The van der Waals surface area contributed by atoms with Crippen molar-refractivity contribution in [2.24, 2.45) is 11.7 Å². The van der Waals surface area contributed by atoms with Gasteiger partial charge in [0.25, 0.3) is 0 Å². The van der Waals surface area contributed by atoms with Crippen molar-refractivity contribution in [2.75, 3.05) is 26.8 Å². The first kappa shape index (κ1) is 14.3. The van der Waals surface area contributed by atoms with Crippen molar-refractivity contribution in [3.63, 3.8) is 0 Å². The monoisotopic (exact) mass is 254 g/mol. The Morgan fingerprint density at radius 3 is 2.28 bits per heavy atom. The number of likely N-dealkylation sites (N-methyl/N-ethyl adjacent to an activating group) is 1. The standard InChI is InChI=1S/C15H30N2O/c1-3-17(14-7-5-4-6-8-14)15(11-16,12-18-2)13-9-10-13/h13-14H,3-12,16H2,1-2H3. The Balaban J connectivity index is 2.14. The van der Waals surface area contributed by atoms with Crippen LogP contribution in [0.5, 0.6) is 0 Å². The number of nitrogens with two attached hydrogens (primary N) is 1. The predicted octanol–water partition coefficient (Wildman–Crippen LogP) is 2.39. The predicted molar refractivity (Wildman–Crippen MR) is 75.6 cm³/mol. The van der Waals surface area contributed by atoms with Crippen molar-refractivity contribution < 1.29 is 4.74 Å². The molecule has 0 bridgehead atoms. The fourth-order valence-corrected chi connectivity index (χ4v) is 3.98. The first-order valence-corrected chi connectivity index (χ1v) is 7.74. The van der Waals surface area contributed by atoms with Crippen LogP contribution in [0, 0.1) is 5.92 Å². The van der Waals surface area contributed by atoms with Crippen molar-refractivity contribution in [3.8, 4) is 0 Å². The van der Waals surface area contributed by atoms with E-state index in [-0.39, 0.29) is 5.54 Å². The molecule has 3 nitrogen and oxygen atoms in total. The summed E-state index contributed by atoms with van der Waals surface area (Å²) in [5.41, 5.74) is 6.31. The molecule has 0 saturated heterocycles. The summed E-state index contributed by atoms with van der Waals surface area (Å²) >= 11 is 0. The number of ether oxygens (including phenoxy) is 1. The SMILES string of the molecule is CCN(C1CCCCC1)C(CN)(COC)C1CC1. The fraction of sp³-hybridized carbons (Fsp3) is 1.00. The Labute approximate surface area is 112 Å². The van der Waals surface area contributed by atoms with E-state index in [1.165, 1.54) is 44.9 Å². The van der Waals surface area contributed by atoms with Gasteiger partial charge in [0.05, 0.1) is 12.1 Å². The summed E-state index contributed by atoms with van der Waals surface area (Å²) in [5, 5.41) is 0. The van der Waals surface area contributed by atoms with Gasteiger partial charge in [-0.2, -0.15) is 0 Å². The molecule has 1 atom stereocenters. The van der Waals surface area contributed by atoms with Crippen LogP contribution in [-0.4, -0.2) is 43.3 Å². The molecule has 0 aliphatic heterocycles. The van der Waals surface area contributed by atoms with E-state index >= 15 is 0 Å². The zero-order valence-electron chi connectivity index (χ0n) is 12.2. The molecule has 2 saturated carbocycles. The molecule has 3 heteroatoms. The van der Waals surface area contributed by atoms with Gasteiger partial charge in [-0.25, -0.2) is 0 Å². The Kier molecular flexibility index (Phi) is 5.05. The van der Waals surface area contributed by atoms with E-state index in [1.54, 1.807) is 0 Å². The molecule has 0 aromatic carbocycles. The van der Waals surface area contributed by atoms with Crippen LogP contribution in [0.4, 0.5) is 0 Å². The Morgan fingerprint density at radius 2 is 1.83 bits per heavy atom. The Hall–Kier alpha value is -0.120. The highest BCUT2D eigenvalue weighted by Crippen LogP contribution is 2.45. The van der Waals surface area contributed by atoms with Crippen molar-refractivity contribution >= 4 is 0 Å². The van der Waals surface area contributed by atoms with Gasteiger partial charge in [0, 0.05) is 19.7 Å². The third kappa shape index (κ3) is 2.73. The third-order valence-electron chi connectivity index (χ3n) is 5.01. The maximum atomic E-state index is 6.20. The molecule has 0 spiro atoms. The number of hydrogen-bond donors (Lipinski definition) is 1. The van der Waals surface area contributed by atoms with Gasteiger partial charge in [-0.05, 0) is 38.1 Å². The van der Waals surface area contributed by atoms with Crippen LogP contribution >= 0.6 is 0 Å². The van der Waals surface area contributed by atoms with Gasteiger partial charge in [-0.1, -0.05) is 26.2 Å². The lowest BCUT2D eigenvalue weighted by Gasteiger charge is -2.48. The summed E-state index contributed by atoms with van der Waals surface area (Å²) in [6.07, 6.45) is 9.57. The zero-order chi connectivity index (χ0) is 13.0. The van der Waals surface area contributed by atoms with Gasteiger partial charge < -0.3 is 10.5 Å². The Morgan fingerprint density at radius 1 is 1.17 bits per heavy atom. The van der Waals surface area contributed by atoms with Gasteiger partial charge in [-0.3, -0.25) is 4.90 Å². The van der Waals surface area contributed by atoms with Crippen molar-refractivity contribution in [1.29, 1.82) is 0 Å². The minimum absolute atomic E-state index is 0.117. The van der Waals surface area contributed by atoms with Crippen LogP contribution in [0.3, 0.4) is 0 Å². The van der Waals surface area contributed by atoms with Crippen molar-refractivity contribution in [2.45, 2.75) is 63.5 Å². The molecule has 18 heavy (non-hydrogen) atoms. The molecule has 2 rings (SSSR count). The highest BCUT2D eigenvalue weighted by atomic mass is 16.5. The second-order valence-electron chi connectivity index (χ2n) is 6.09. The molecule has 0 aromatic rings. The van der Waals surface area contributed by atoms with E-state index in [1.807, 2.05) is 7.11 Å². The number of nitrogens with zero attached hydrogens (tertiary/aromatic N) is 1. The summed E-state index contributed by atoms with van der Waals surface area (Å²) in [6.45, 7) is 4.95. The van der Waals surface area contributed by atoms with Crippen LogP contribution in [0.1, 0.15) is 51.9 Å². The second-order valence-corrected chi connectivity index (χ2v) is 6.09. The molecule has 2 aliphatic carbocycles. The summed E-state index contributed by atoms with van der Waals surface area (Å²) in [7, 11) is 1.82. The summed E-state index contributed by atoms with van der Waals surface area (Å²) in [4.78, 5) is 2.70. The van der Waals surface area contributed by atoms with Gasteiger partial charge in [0.1, 0.15) is 0 Å². The highest BCUT2D eigenvalue weighted by molar-refractivity contribution is 5.05. The van der Waals surface area contributed by atoms with Crippen molar-refractivity contribution in [1.82, 2.24) is 4.90 Å². The van der Waals surface area contributed by atoms with E-state index in [0.29, 0.717) is 0 Å². The van der Waals surface area contributed by atoms with Crippen LogP contribution < -0.4 is 5.73 Å². The maximum absolute atomic E-state index is 6.20. The lowest BCUT2D eigenvalue weighted by atomic mass is 9.85. The minimum atomic E-state index is 0.117. The molecule has 106 valence electrons. The fourth-order valence-electron chi connectivity index (χ4n) is 3.98. The summed E-state index contributed by atoms with van der Waals surface area (Å²) in [5.74, 6) is 0.768. The average Bonchev–Trinajstić information content (AvgIpc) is 3.24. The molecule has 2 fully saturated rings. The van der Waals surface area contributed by atoms with Gasteiger partial charge in [0.2, 0.25) is 0 Å². The normalized spacial score (nSPS) is 25.3. The largest absolute Gasteiger partial charge is 0.383 e. The lowest BCUT2D eigenvalue weighted by Crippen LogP contribution is -2.62. The van der Waals surface area contributed by atoms with Crippen LogP contribution in [0.15, 0.2) is 0 Å². The maximum Gasteiger partial charge on any atom is 0.0661 e. The van der Waals surface area contributed by atoms with E-state index in [2.05, 4.69) is 11.8 Å². The molecular formula is C15H30N2O. The van der Waals surface area contributed by atoms with E-state index in [0.717, 1.165) is 31.7 Å². The highest BCUT2D eigenvalue weighted by Gasteiger charge is 2.49. The first-order chi connectivity index (χ1) is 8.78.